The quantitative estimate of drug-likeness (QED) is 0.0253. The van der Waals surface area contributed by atoms with Gasteiger partial charge in [0.25, 0.3) is 23.3 Å². The Labute approximate surface area is 420 Å². The number of carbonyl (C=O) groups is 6. The van der Waals surface area contributed by atoms with Gasteiger partial charge in [-0.3, -0.25) is 38.7 Å². The Morgan fingerprint density at radius 2 is 1.08 bits per heavy atom. The Balaban J connectivity index is 0.837. The van der Waals surface area contributed by atoms with Crippen LogP contribution in [-0.4, -0.2) is 210 Å². The highest BCUT2D eigenvalue weighted by Gasteiger charge is 2.24. The maximum absolute atomic E-state index is 12.8. The first-order valence-corrected chi connectivity index (χ1v) is 23.7. The molecule has 0 saturated heterocycles. The second kappa shape index (κ2) is 35.5. The summed E-state index contributed by atoms with van der Waals surface area (Å²) in [5.74, 6) is -3.44. The smallest absolute Gasteiger partial charge is 0.326 e. The van der Waals surface area contributed by atoms with Gasteiger partial charge in [-0.15, -0.1) is 0 Å². The lowest BCUT2D eigenvalue weighted by molar-refractivity contribution is -0.140. The van der Waals surface area contributed by atoms with Crippen LogP contribution in [0.1, 0.15) is 35.3 Å². The Hall–Kier alpha value is -6.56. The van der Waals surface area contributed by atoms with Crippen molar-refractivity contribution in [1.82, 2.24) is 40.8 Å². The number of nitrogens with zero attached hydrogens (tertiary/aromatic N) is 4. The van der Waals surface area contributed by atoms with E-state index in [1.807, 2.05) is 0 Å². The molecule has 1 atom stereocenters. The van der Waals surface area contributed by atoms with Crippen molar-refractivity contribution in [1.29, 1.82) is 0 Å². The molecule has 0 radical (unpaired) electrons. The second-order valence-corrected chi connectivity index (χ2v) is 15.4. The number of nitrogens with two attached hydrogens (primary N) is 1. The van der Waals surface area contributed by atoms with Crippen LogP contribution in [0.15, 0.2) is 47.4 Å². The first kappa shape index (κ1) is 59.0. The third-order valence-corrected chi connectivity index (χ3v) is 9.95. The van der Waals surface area contributed by atoms with Crippen molar-refractivity contribution in [2.75, 3.05) is 150 Å². The number of benzene rings is 1. The van der Waals surface area contributed by atoms with Crippen LogP contribution in [0, 0.1) is 0 Å². The first-order chi connectivity index (χ1) is 35.5. The van der Waals surface area contributed by atoms with Gasteiger partial charge in [0.2, 0.25) is 17.8 Å². The predicted molar refractivity (Wildman–Crippen MR) is 258 cm³/mol. The van der Waals surface area contributed by atoms with Crippen LogP contribution >= 0.6 is 0 Å². The normalized spacial score (nSPS) is 12.6. The molecule has 27 heteroatoms. The van der Waals surface area contributed by atoms with Crippen LogP contribution in [-0.2, 0) is 73.1 Å². The van der Waals surface area contributed by atoms with Crippen molar-refractivity contribution < 1.29 is 76.5 Å². The van der Waals surface area contributed by atoms with Crippen LogP contribution in [0.4, 0.5) is 11.6 Å². The fourth-order valence-corrected chi connectivity index (χ4v) is 6.19. The van der Waals surface area contributed by atoms with Crippen molar-refractivity contribution >= 4 is 58.3 Å². The van der Waals surface area contributed by atoms with E-state index in [0.717, 1.165) is 4.90 Å². The summed E-state index contributed by atoms with van der Waals surface area (Å²) in [5.41, 5.74) is 6.50. The number of carboxylic acid groups (broad SMARTS) is 1. The lowest BCUT2D eigenvalue weighted by Gasteiger charge is -2.15. The molecule has 0 saturated carbocycles. The van der Waals surface area contributed by atoms with Gasteiger partial charge in [0.15, 0.2) is 11.2 Å². The van der Waals surface area contributed by atoms with Gasteiger partial charge in [-0.25, -0.2) is 14.8 Å². The lowest BCUT2D eigenvalue weighted by Crippen LogP contribution is -2.41. The summed E-state index contributed by atoms with van der Waals surface area (Å²) < 4.78 is 49.1. The number of carbonyl (C=O) groups excluding carboxylic acids is 5. The third kappa shape index (κ3) is 25.1. The van der Waals surface area contributed by atoms with Crippen LogP contribution in [0.2, 0.25) is 0 Å². The standard InChI is InChI=1S/C46H66N10O17/c47-46-54-42-41(44(62)55-46)52-35(32-51-42)31-50-34-3-1-33(2-4-34)43(61)53-36(45(63)64)5-6-37(57)48-10-13-65-15-17-67-19-21-69-23-25-71-27-29-73-30-28-72-26-24-70-22-20-68-18-16-66-14-11-49-38(58)9-12-56-39(59)7-8-40(56)60/h1-4,7-8,32,36,50H,5-6,9-31H2,(H,48,57)(H,49,58)(H,53,61)(H,63,64)(H3,47,51,54,55,62)/t36-/m0/s1. The molecule has 0 bridgehead atoms. The van der Waals surface area contributed by atoms with Gasteiger partial charge in [-0.1, -0.05) is 0 Å². The average molecular weight is 1030 g/mol. The molecule has 2 aromatic heterocycles. The van der Waals surface area contributed by atoms with E-state index >= 15 is 0 Å². The van der Waals surface area contributed by atoms with Crippen molar-refractivity contribution in [3.8, 4) is 0 Å². The third-order valence-electron chi connectivity index (χ3n) is 9.95. The number of hydrogen-bond acceptors (Lipinski definition) is 21. The van der Waals surface area contributed by atoms with Crippen LogP contribution < -0.4 is 32.6 Å². The number of aromatic nitrogens is 4. The number of anilines is 2. The van der Waals surface area contributed by atoms with E-state index < -0.39 is 35.3 Å². The molecule has 0 aliphatic carbocycles. The number of hydrogen-bond donors (Lipinski definition) is 7. The molecule has 0 spiro atoms. The number of ether oxygens (including phenoxy) is 9. The number of imide groups is 1. The van der Waals surface area contributed by atoms with Gasteiger partial charge < -0.3 is 74.7 Å². The maximum Gasteiger partial charge on any atom is 0.326 e. The van der Waals surface area contributed by atoms with E-state index in [1.54, 1.807) is 12.1 Å². The minimum atomic E-state index is -1.29. The number of nitrogen functional groups attached to an aromatic ring is 1. The zero-order valence-electron chi connectivity index (χ0n) is 40.6. The van der Waals surface area contributed by atoms with Gasteiger partial charge in [-0.2, -0.15) is 4.98 Å². The average Bonchev–Trinajstić information content (AvgIpc) is 3.70. The largest absolute Gasteiger partial charge is 0.480 e. The summed E-state index contributed by atoms with van der Waals surface area (Å²) in [7, 11) is 0. The lowest BCUT2D eigenvalue weighted by atomic mass is 10.1. The first-order valence-electron chi connectivity index (χ1n) is 23.7. The Morgan fingerprint density at radius 3 is 1.55 bits per heavy atom. The molecule has 73 heavy (non-hydrogen) atoms. The van der Waals surface area contributed by atoms with E-state index in [1.165, 1.54) is 30.5 Å². The van der Waals surface area contributed by atoms with E-state index in [9.17, 15) is 38.7 Å². The van der Waals surface area contributed by atoms with Crippen LogP contribution in [0.3, 0.4) is 0 Å². The van der Waals surface area contributed by atoms with Crippen molar-refractivity contribution in [3.63, 3.8) is 0 Å². The molecule has 3 heterocycles. The molecule has 1 aromatic carbocycles. The van der Waals surface area contributed by atoms with Crippen molar-refractivity contribution in [2.24, 2.45) is 0 Å². The highest BCUT2D eigenvalue weighted by atomic mass is 16.6. The second-order valence-electron chi connectivity index (χ2n) is 15.4. The van der Waals surface area contributed by atoms with Gasteiger partial charge in [0.1, 0.15) is 6.04 Å². The number of H-pyrrole nitrogens is 1. The Bertz CT molecular complexity index is 2230. The zero-order valence-corrected chi connectivity index (χ0v) is 40.6. The minimum absolute atomic E-state index is 0.0333. The Morgan fingerprint density at radius 1 is 0.630 bits per heavy atom. The van der Waals surface area contributed by atoms with Crippen molar-refractivity contribution in [2.45, 2.75) is 31.8 Å². The summed E-state index contributed by atoms with van der Waals surface area (Å²) in [6.07, 6.45) is 3.60. The van der Waals surface area contributed by atoms with E-state index in [4.69, 9.17) is 48.4 Å². The monoisotopic (exact) mass is 1030 g/mol. The summed E-state index contributed by atoms with van der Waals surface area (Å²) in [5, 5.41) is 20.5. The molecule has 27 nitrogen and oxygen atoms in total. The van der Waals surface area contributed by atoms with Gasteiger partial charge >= 0.3 is 5.97 Å². The molecule has 1 aliphatic rings. The fraction of sp³-hybridized carbons (Fsp3) is 0.565. The fourth-order valence-electron chi connectivity index (χ4n) is 6.19. The van der Waals surface area contributed by atoms with Crippen molar-refractivity contribution in [3.05, 3.63) is 64.2 Å². The number of fused-ring (bicyclic) bond motifs is 1. The number of amides is 5. The maximum atomic E-state index is 12.8. The molecular weight excluding hydrogens is 965 g/mol. The molecule has 8 N–H and O–H groups in total. The van der Waals surface area contributed by atoms with E-state index in [2.05, 4.69) is 41.2 Å². The van der Waals surface area contributed by atoms with E-state index in [0.29, 0.717) is 130 Å². The summed E-state index contributed by atoms with van der Waals surface area (Å²) in [6.45, 7) is 7.59. The molecular formula is C46H66N10O17. The van der Waals surface area contributed by atoms with Gasteiger partial charge in [0, 0.05) is 55.9 Å². The molecule has 0 fully saturated rings. The number of carboxylic acids is 1. The number of nitrogens with one attached hydrogen (secondary N) is 5. The number of aromatic amines is 1. The van der Waals surface area contributed by atoms with Gasteiger partial charge in [0.05, 0.1) is 137 Å². The SMILES string of the molecule is Nc1nc2ncc(CNc3ccc(C(=O)N[C@@H](CCC(=O)NCCOCCOCCOCCOCCOCCOCCOCCOCCOCCNC(=O)CCN4C(=O)C=CC4=O)C(=O)O)cc3)nc2c(=O)[nH]1. The summed E-state index contributed by atoms with van der Waals surface area (Å²) >= 11 is 0. The highest BCUT2D eigenvalue weighted by molar-refractivity contribution is 6.13. The van der Waals surface area contributed by atoms with Gasteiger partial charge in [-0.05, 0) is 30.7 Å². The number of rotatable bonds is 42. The summed E-state index contributed by atoms with van der Waals surface area (Å²) in [6, 6.07) is 4.99. The molecule has 402 valence electrons. The summed E-state index contributed by atoms with van der Waals surface area (Å²) in [4.78, 5) is 99.6. The molecule has 4 rings (SSSR count). The van der Waals surface area contributed by atoms with Crippen LogP contribution in [0.5, 0.6) is 0 Å². The number of aliphatic carboxylic acids is 1. The van der Waals surface area contributed by atoms with E-state index in [-0.39, 0.29) is 80.0 Å². The van der Waals surface area contributed by atoms with Crippen LogP contribution in [0.25, 0.3) is 11.2 Å². The molecule has 0 unspecified atom stereocenters. The Kier molecular flexibility index (Phi) is 28.7. The molecule has 5 amide bonds. The molecule has 1 aliphatic heterocycles. The minimum Gasteiger partial charge on any atom is -0.480 e. The highest BCUT2D eigenvalue weighted by Crippen LogP contribution is 2.13. The predicted octanol–water partition coefficient (Wildman–Crippen LogP) is -1.43. The zero-order chi connectivity index (χ0) is 52.3. The topological polar surface area (TPSA) is 355 Å². The molecule has 3 aromatic rings.